The monoisotopic (exact) mass is 340 g/mol. The van der Waals surface area contributed by atoms with Crippen molar-refractivity contribution in [1.29, 1.82) is 0 Å². The number of benzene rings is 1. The van der Waals surface area contributed by atoms with E-state index in [1.54, 1.807) is 29.4 Å². The molecule has 0 saturated heterocycles. The van der Waals surface area contributed by atoms with Crippen LogP contribution < -0.4 is 10.3 Å². The number of imidazole rings is 1. The van der Waals surface area contributed by atoms with Gasteiger partial charge in [0.05, 0.1) is 6.54 Å². The number of aliphatic hydroxyl groups excluding tert-OH is 1. The van der Waals surface area contributed by atoms with Gasteiger partial charge in [-0.2, -0.15) is 5.10 Å². The lowest BCUT2D eigenvalue weighted by Gasteiger charge is -2.14. The lowest BCUT2D eigenvalue weighted by molar-refractivity contribution is 0.0879. The highest BCUT2D eigenvalue weighted by Crippen LogP contribution is 2.16. The molecule has 2 heterocycles. The van der Waals surface area contributed by atoms with Crippen LogP contribution in [0, 0.1) is 13.8 Å². The molecule has 0 spiro atoms. The maximum Gasteiger partial charge on any atom is 0.266 e. The highest BCUT2D eigenvalue weighted by molar-refractivity contribution is 5.33. The standard InChI is InChI=1S/C18H20N4O3/c1-13-7-14(2)9-16(8-13)25-11-15(23)10-22-18(24)4-3-17(20-22)21-6-5-19-12-21/h3-9,12,15,23H,10-11H2,1-2H3. The fourth-order valence-corrected chi connectivity index (χ4v) is 2.56. The highest BCUT2D eigenvalue weighted by atomic mass is 16.5. The van der Waals surface area contributed by atoms with Crippen molar-refractivity contribution >= 4 is 0 Å². The molecule has 0 aliphatic heterocycles. The van der Waals surface area contributed by atoms with Crippen LogP contribution in [-0.4, -0.2) is 37.1 Å². The predicted molar refractivity (Wildman–Crippen MR) is 93.0 cm³/mol. The average molecular weight is 340 g/mol. The molecule has 0 saturated carbocycles. The van der Waals surface area contributed by atoms with Crippen LogP contribution in [0.25, 0.3) is 5.82 Å². The molecule has 0 aliphatic carbocycles. The maximum atomic E-state index is 12.0. The Kier molecular flexibility index (Phi) is 4.95. The average Bonchev–Trinajstić information content (AvgIpc) is 3.09. The molecule has 0 radical (unpaired) electrons. The van der Waals surface area contributed by atoms with E-state index in [9.17, 15) is 9.90 Å². The molecule has 0 amide bonds. The summed E-state index contributed by atoms with van der Waals surface area (Å²) in [6.45, 7) is 4.10. The van der Waals surface area contributed by atoms with E-state index in [2.05, 4.69) is 10.1 Å². The van der Waals surface area contributed by atoms with Gasteiger partial charge < -0.3 is 9.84 Å². The number of aromatic nitrogens is 4. The molecule has 130 valence electrons. The second-order valence-corrected chi connectivity index (χ2v) is 5.97. The number of hydrogen-bond donors (Lipinski definition) is 1. The Balaban J connectivity index is 1.67. The summed E-state index contributed by atoms with van der Waals surface area (Å²) in [7, 11) is 0. The second kappa shape index (κ2) is 7.31. The normalized spacial score (nSPS) is 12.1. The Morgan fingerprint density at radius 1 is 1.20 bits per heavy atom. The molecule has 0 bridgehead atoms. The fraction of sp³-hybridized carbons (Fsp3) is 0.278. The minimum Gasteiger partial charge on any atom is -0.491 e. The van der Waals surface area contributed by atoms with E-state index < -0.39 is 6.10 Å². The summed E-state index contributed by atoms with van der Waals surface area (Å²) < 4.78 is 8.55. The van der Waals surface area contributed by atoms with Gasteiger partial charge in [0.1, 0.15) is 24.8 Å². The van der Waals surface area contributed by atoms with Crippen LogP contribution in [0.15, 0.2) is 53.8 Å². The van der Waals surface area contributed by atoms with Crippen molar-refractivity contribution in [1.82, 2.24) is 19.3 Å². The number of aliphatic hydroxyl groups is 1. The molecule has 7 heteroatoms. The number of aryl methyl sites for hydroxylation is 2. The van der Waals surface area contributed by atoms with Gasteiger partial charge in [0.2, 0.25) is 0 Å². The van der Waals surface area contributed by atoms with Gasteiger partial charge in [0.25, 0.3) is 5.56 Å². The van der Waals surface area contributed by atoms with Gasteiger partial charge in [-0.25, -0.2) is 9.67 Å². The third-order valence-electron chi connectivity index (χ3n) is 3.64. The minimum absolute atomic E-state index is 0.0478. The van der Waals surface area contributed by atoms with Gasteiger partial charge >= 0.3 is 0 Å². The first-order valence-electron chi connectivity index (χ1n) is 7.97. The summed E-state index contributed by atoms with van der Waals surface area (Å²) >= 11 is 0. The van der Waals surface area contributed by atoms with Crippen LogP contribution >= 0.6 is 0 Å². The van der Waals surface area contributed by atoms with Crippen LogP contribution in [-0.2, 0) is 6.54 Å². The Labute approximate surface area is 145 Å². The maximum absolute atomic E-state index is 12.0. The van der Waals surface area contributed by atoms with Gasteiger partial charge in [-0.05, 0) is 43.2 Å². The molecule has 0 aliphatic rings. The summed E-state index contributed by atoms with van der Waals surface area (Å²) in [4.78, 5) is 15.9. The lowest BCUT2D eigenvalue weighted by atomic mass is 10.1. The molecular weight excluding hydrogens is 320 g/mol. The van der Waals surface area contributed by atoms with E-state index in [1.165, 1.54) is 10.7 Å². The van der Waals surface area contributed by atoms with E-state index in [0.717, 1.165) is 11.1 Å². The third-order valence-corrected chi connectivity index (χ3v) is 3.64. The summed E-state index contributed by atoms with van der Waals surface area (Å²) in [5.74, 6) is 1.25. The molecule has 2 aromatic heterocycles. The molecular formula is C18H20N4O3. The van der Waals surface area contributed by atoms with Gasteiger partial charge in [0.15, 0.2) is 5.82 Å². The summed E-state index contributed by atoms with van der Waals surface area (Å²) in [6.07, 6.45) is 4.10. The SMILES string of the molecule is Cc1cc(C)cc(OCC(O)Cn2nc(-n3ccnc3)ccc2=O)c1. The summed E-state index contributed by atoms with van der Waals surface area (Å²) in [5, 5.41) is 14.5. The number of ether oxygens (including phenoxy) is 1. The van der Waals surface area contributed by atoms with Crippen molar-refractivity contribution in [3.63, 3.8) is 0 Å². The van der Waals surface area contributed by atoms with Crippen LogP contribution in [0.1, 0.15) is 11.1 Å². The Morgan fingerprint density at radius 3 is 2.64 bits per heavy atom. The largest absolute Gasteiger partial charge is 0.491 e. The number of rotatable bonds is 6. The minimum atomic E-state index is -0.857. The highest BCUT2D eigenvalue weighted by Gasteiger charge is 2.10. The Morgan fingerprint density at radius 2 is 1.96 bits per heavy atom. The number of nitrogens with zero attached hydrogens (tertiary/aromatic N) is 4. The van der Waals surface area contributed by atoms with Crippen LogP contribution in [0.5, 0.6) is 5.75 Å². The van der Waals surface area contributed by atoms with Gasteiger partial charge in [0, 0.05) is 18.5 Å². The van der Waals surface area contributed by atoms with Crippen LogP contribution in [0.4, 0.5) is 0 Å². The van der Waals surface area contributed by atoms with Crippen LogP contribution in [0.2, 0.25) is 0 Å². The predicted octanol–water partition coefficient (Wildman–Crippen LogP) is 1.49. The molecule has 25 heavy (non-hydrogen) atoms. The molecule has 3 aromatic rings. The molecule has 1 N–H and O–H groups in total. The van der Waals surface area contributed by atoms with Crippen LogP contribution in [0.3, 0.4) is 0 Å². The fourth-order valence-electron chi connectivity index (χ4n) is 2.56. The van der Waals surface area contributed by atoms with Gasteiger partial charge in [-0.15, -0.1) is 0 Å². The van der Waals surface area contributed by atoms with Crippen molar-refractivity contribution in [2.45, 2.75) is 26.5 Å². The van der Waals surface area contributed by atoms with E-state index in [1.807, 2.05) is 32.0 Å². The molecule has 3 rings (SSSR count). The zero-order valence-electron chi connectivity index (χ0n) is 14.2. The smallest absolute Gasteiger partial charge is 0.266 e. The molecule has 7 nitrogen and oxygen atoms in total. The van der Waals surface area contributed by atoms with Gasteiger partial charge in [-0.1, -0.05) is 6.07 Å². The van der Waals surface area contributed by atoms with Crippen molar-refractivity contribution in [2.24, 2.45) is 0 Å². The summed E-state index contributed by atoms with van der Waals surface area (Å²) in [6, 6.07) is 8.89. The zero-order valence-corrected chi connectivity index (χ0v) is 14.2. The van der Waals surface area contributed by atoms with E-state index in [0.29, 0.717) is 11.6 Å². The summed E-state index contributed by atoms with van der Waals surface area (Å²) in [5.41, 5.74) is 1.90. The van der Waals surface area contributed by atoms with Crippen molar-refractivity contribution in [2.75, 3.05) is 6.61 Å². The van der Waals surface area contributed by atoms with Crippen molar-refractivity contribution < 1.29 is 9.84 Å². The van der Waals surface area contributed by atoms with E-state index in [-0.39, 0.29) is 18.7 Å². The first-order chi connectivity index (χ1) is 12.0. The van der Waals surface area contributed by atoms with Crippen molar-refractivity contribution in [3.05, 3.63) is 70.5 Å². The van der Waals surface area contributed by atoms with Crippen molar-refractivity contribution in [3.8, 4) is 11.6 Å². The molecule has 1 atom stereocenters. The second-order valence-electron chi connectivity index (χ2n) is 5.97. The Hall–Kier alpha value is -2.93. The van der Waals surface area contributed by atoms with E-state index >= 15 is 0 Å². The van der Waals surface area contributed by atoms with Gasteiger partial charge in [-0.3, -0.25) is 9.36 Å². The molecule has 0 fully saturated rings. The van der Waals surface area contributed by atoms with E-state index in [4.69, 9.17) is 4.74 Å². The number of hydrogen-bond acceptors (Lipinski definition) is 5. The molecule has 1 aromatic carbocycles. The Bertz CT molecular complexity index is 883. The third kappa shape index (κ3) is 4.33. The topological polar surface area (TPSA) is 82.2 Å². The first-order valence-corrected chi connectivity index (χ1v) is 7.97. The zero-order chi connectivity index (χ0) is 17.8. The lowest BCUT2D eigenvalue weighted by Crippen LogP contribution is -2.32. The quantitative estimate of drug-likeness (QED) is 0.735. The first kappa shape index (κ1) is 16.9. The molecule has 1 unspecified atom stereocenters.